The molecule has 1 N–H and O–H groups in total. The Balaban J connectivity index is 2.31. The Morgan fingerprint density at radius 2 is 1.92 bits per heavy atom. The van der Waals surface area contributed by atoms with Crippen molar-refractivity contribution < 1.29 is 0 Å². The molecule has 2 heterocycles. The molecular weight excluding hydrogens is 332 g/mol. The van der Waals surface area contributed by atoms with Gasteiger partial charge in [0.2, 0.25) is 0 Å². The molecular formula is C20H33ClN4. The molecule has 0 amide bonds. The first-order chi connectivity index (χ1) is 11.5. The fourth-order valence-electron chi connectivity index (χ4n) is 4.04. The molecule has 3 unspecified atom stereocenters. The highest BCUT2D eigenvalue weighted by atomic mass is 35.5. The van der Waals surface area contributed by atoms with Crippen LogP contribution in [-0.4, -0.2) is 36.2 Å². The van der Waals surface area contributed by atoms with E-state index in [1.807, 2.05) is 19.5 Å². The van der Waals surface area contributed by atoms with Gasteiger partial charge in [0, 0.05) is 13.2 Å². The third-order valence-corrected chi connectivity index (χ3v) is 5.98. The van der Waals surface area contributed by atoms with Crippen molar-refractivity contribution in [1.29, 1.82) is 0 Å². The standard InChI is InChI=1S/C20H33ClN4/c1-12(2)14(4)18-17(21)16(23-15(5)24-18)9-20(6,7)19-13(3)10-22-11-25(19)8/h10-12,14,18-19H,9H2,1-8H3,(H,23,24). The number of amidine groups is 1. The van der Waals surface area contributed by atoms with Crippen molar-refractivity contribution in [3.8, 4) is 0 Å². The fraction of sp³-hybridized carbons (Fsp3) is 0.700. The van der Waals surface area contributed by atoms with Crippen LogP contribution in [0.15, 0.2) is 32.5 Å². The Labute approximate surface area is 158 Å². The van der Waals surface area contributed by atoms with Gasteiger partial charge < -0.3 is 10.2 Å². The van der Waals surface area contributed by atoms with Crippen LogP contribution in [0.5, 0.6) is 0 Å². The Kier molecular flexibility index (Phi) is 6.03. The summed E-state index contributed by atoms with van der Waals surface area (Å²) in [5.41, 5.74) is 2.28. The molecule has 5 heteroatoms. The van der Waals surface area contributed by atoms with Gasteiger partial charge in [-0.1, -0.05) is 46.2 Å². The van der Waals surface area contributed by atoms with E-state index in [-0.39, 0.29) is 17.5 Å². The lowest BCUT2D eigenvalue weighted by Crippen LogP contribution is -2.46. The van der Waals surface area contributed by atoms with Crippen LogP contribution >= 0.6 is 11.6 Å². The zero-order chi connectivity index (χ0) is 18.9. The highest BCUT2D eigenvalue weighted by molar-refractivity contribution is 6.31. The maximum Gasteiger partial charge on any atom is 0.0992 e. The fourth-order valence-corrected chi connectivity index (χ4v) is 4.40. The molecule has 0 spiro atoms. The first-order valence-corrected chi connectivity index (χ1v) is 9.54. The second-order valence-corrected chi connectivity index (χ2v) is 9.00. The summed E-state index contributed by atoms with van der Waals surface area (Å²) in [6, 6.07) is 0.431. The van der Waals surface area contributed by atoms with E-state index in [1.54, 1.807) is 0 Å². The van der Waals surface area contributed by atoms with Crippen molar-refractivity contribution >= 4 is 23.8 Å². The van der Waals surface area contributed by atoms with Gasteiger partial charge >= 0.3 is 0 Å². The summed E-state index contributed by atoms with van der Waals surface area (Å²) in [5.74, 6) is 1.96. The van der Waals surface area contributed by atoms with E-state index in [1.165, 1.54) is 5.57 Å². The summed E-state index contributed by atoms with van der Waals surface area (Å²) in [5, 5.41) is 4.35. The molecule has 0 aromatic heterocycles. The van der Waals surface area contributed by atoms with Crippen LogP contribution in [-0.2, 0) is 0 Å². The van der Waals surface area contributed by atoms with Gasteiger partial charge in [-0.2, -0.15) is 0 Å². The van der Waals surface area contributed by atoms with E-state index in [9.17, 15) is 0 Å². The third kappa shape index (κ3) is 4.28. The van der Waals surface area contributed by atoms with E-state index in [2.05, 4.69) is 63.8 Å². The van der Waals surface area contributed by atoms with E-state index in [0.717, 1.165) is 23.0 Å². The van der Waals surface area contributed by atoms with E-state index >= 15 is 0 Å². The molecule has 2 aliphatic rings. The van der Waals surface area contributed by atoms with Gasteiger partial charge in [-0.15, -0.1) is 0 Å². The molecule has 4 nitrogen and oxygen atoms in total. The molecule has 3 atom stereocenters. The van der Waals surface area contributed by atoms with Crippen LogP contribution < -0.4 is 5.32 Å². The zero-order valence-electron chi connectivity index (χ0n) is 16.9. The van der Waals surface area contributed by atoms with Gasteiger partial charge in [0.1, 0.15) is 0 Å². The van der Waals surface area contributed by atoms with E-state index in [0.29, 0.717) is 11.8 Å². The Bertz CT molecular complexity index is 628. The summed E-state index contributed by atoms with van der Waals surface area (Å²) in [4.78, 5) is 11.3. The van der Waals surface area contributed by atoms with Crippen molar-refractivity contribution in [3.05, 3.63) is 22.5 Å². The lowest BCUT2D eigenvalue weighted by molar-refractivity contribution is 0.199. The lowest BCUT2D eigenvalue weighted by atomic mass is 9.75. The quantitative estimate of drug-likeness (QED) is 0.762. The first-order valence-electron chi connectivity index (χ1n) is 9.17. The largest absolute Gasteiger partial charge is 0.366 e. The summed E-state index contributed by atoms with van der Waals surface area (Å²) in [7, 11) is 2.09. The van der Waals surface area contributed by atoms with Crippen molar-refractivity contribution in [2.24, 2.45) is 27.2 Å². The molecule has 0 saturated carbocycles. The lowest BCUT2D eigenvalue weighted by Gasteiger charge is -2.42. The van der Waals surface area contributed by atoms with Gasteiger partial charge in [0.25, 0.3) is 0 Å². The van der Waals surface area contributed by atoms with Crippen molar-refractivity contribution in [2.75, 3.05) is 7.05 Å². The minimum absolute atomic E-state index is 0.00994. The minimum atomic E-state index is -0.00994. The third-order valence-electron chi connectivity index (χ3n) is 5.52. The Morgan fingerprint density at radius 3 is 2.48 bits per heavy atom. The normalized spacial score (nSPS) is 25.8. The number of rotatable bonds is 5. The van der Waals surface area contributed by atoms with Crippen LogP contribution in [0.2, 0.25) is 0 Å². The molecule has 0 bridgehead atoms. The van der Waals surface area contributed by atoms with Gasteiger partial charge in [0.15, 0.2) is 0 Å². The summed E-state index contributed by atoms with van der Waals surface area (Å²) in [6.45, 7) is 15.5. The van der Waals surface area contributed by atoms with Crippen LogP contribution in [0.1, 0.15) is 54.9 Å². The predicted octanol–water partition coefficient (Wildman–Crippen LogP) is 4.78. The maximum atomic E-state index is 6.83. The number of aliphatic imine (C=N–C) groups is 2. The number of allylic oxidation sites excluding steroid dienone is 1. The zero-order valence-corrected chi connectivity index (χ0v) is 17.6. The first kappa shape index (κ1) is 20.0. The highest BCUT2D eigenvalue weighted by Gasteiger charge is 2.37. The van der Waals surface area contributed by atoms with E-state index in [4.69, 9.17) is 16.6 Å². The minimum Gasteiger partial charge on any atom is -0.366 e. The number of likely N-dealkylation sites (N-methyl/N-ethyl adjacent to an activating group) is 1. The number of halogens is 1. The molecule has 140 valence electrons. The molecule has 0 aliphatic carbocycles. The van der Waals surface area contributed by atoms with Crippen LogP contribution in [0, 0.1) is 17.3 Å². The predicted molar refractivity (Wildman–Crippen MR) is 109 cm³/mol. The van der Waals surface area contributed by atoms with Crippen molar-refractivity contribution in [2.45, 2.75) is 67.0 Å². The van der Waals surface area contributed by atoms with Crippen molar-refractivity contribution in [1.82, 2.24) is 10.2 Å². The van der Waals surface area contributed by atoms with Crippen molar-refractivity contribution in [3.63, 3.8) is 0 Å². The van der Waals surface area contributed by atoms with Gasteiger partial charge in [0.05, 0.1) is 35.0 Å². The Hall–Kier alpha value is -1.29. The summed E-state index contributed by atoms with van der Waals surface area (Å²) >= 11 is 6.83. The van der Waals surface area contributed by atoms with Crippen LogP contribution in [0.4, 0.5) is 0 Å². The number of nitrogens with zero attached hydrogens (tertiary/aromatic N) is 3. The van der Waals surface area contributed by atoms with Crippen LogP contribution in [0.3, 0.4) is 0 Å². The average Bonchev–Trinajstić information content (AvgIpc) is 2.49. The topological polar surface area (TPSA) is 40.0 Å². The van der Waals surface area contributed by atoms with Crippen LogP contribution in [0.25, 0.3) is 0 Å². The molecule has 0 aromatic rings. The average molecular weight is 365 g/mol. The highest BCUT2D eigenvalue weighted by Crippen LogP contribution is 2.40. The second kappa shape index (κ2) is 7.53. The Morgan fingerprint density at radius 1 is 1.28 bits per heavy atom. The molecule has 2 aliphatic heterocycles. The number of nitrogens with one attached hydrogen (secondary N) is 1. The maximum absolute atomic E-state index is 6.83. The monoisotopic (exact) mass is 364 g/mol. The van der Waals surface area contributed by atoms with Gasteiger partial charge in [-0.25, -0.2) is 9.98 Å². The molecule has 25 heavy (non-hydrogen) atoms. The number of hydrogen-bond acceptors (Lipinski definition) is 4. The summed E-state index contributed by atoms with van der Waals surface area (Å²) in [6.07, 6.45) is 4.69. The van der Waals surface area contributed by atoms with Gasteiger partial charge in [-0.05, 0) is 43.1 Å². The molecule has 0 aromatic carbocycles. The van der Waals surface area contributed by atoms with Gasteiger partial charge in [-0.3, -0.25) is 0 Å². The smallest absolute Gasteiger partial charge is 0.0992 e. The molecule has 0 radical (unpaired) electrons. The summed E-state index contributed by atoms with van der Waals surface area (Å²) < 4.78 is 0. The molecule has 0 saturated heterocycles. The van der Waals surface area contributed by atoms with E-state index < -0.39 is 0 Å². The molecule has 0 fully saturated rings. The second-order valence-electron chi connectivity index (χ2n) is 8.59. The molecule has 2 rings (SSSR count). The SMILES string of the molecule is CC1=CN=CN(C)C1C(C)(C)CC1=C(Cl)C(C(C)C(C)C)NC(C)=N1. The number of hydrogen-bond donors (Lipinski definition) is 1.